The molecule has 1 heterocycles. The molecule has 1 aliphatic rings. The van der Waals surface area contributed by atoms with Gasteiger partial charge >= 0.3 is 0 Å². The van der Waals surface area contributed by atoms with Gasteiger partial charge in [0.15, 0.2) is 11.5 Å². The molecule has 0 saturated heterocycles. The van der Waals surface area contributed by atoms with E-state index in [1.54, 1.807) is 36.4 Å². The van der Waals surface area contributed by atoms with Crippen molar-refractivity contribution in [3.05, 3.63) is 120 Å². The number of carbonyl (C=O) groups excluding carboxylic acids is 2. The summed E-state index contributed by atoms with van der Waals surface area (Å²) < 4.78 is 41.0. The molecule has 4 aromatic rings. The number of benzene rings is 4. The summed E-state index contributed by atoms with van der Waals surface area (Å²) in [7, 11) is -4.23. The van der Waals surface area contributed by atoms with E-state index in [-0.39, 0.29) is 35.4 Å². The largest absolute Gasteiger partial charge is 0.486 e. The van der Waals surface area contributed by atoms with Crippen molar-refractivity contribution in [3.63, 3.8) is 0 Å². The van der Waals surface area contributed by atoms with Crippen molar-refractivity contribution < 1.29 is 27.5 Å². The second kappa shape index (κ2) is 15.2. The fourth-order valence-corrected chi connectivity index (χ4v) is 6.73. The number of hydrogen-bond donors (Lipinski definition) is 1. The van der Waals surface area contributed by atoms with Gasteiger partial charge in [-0.3, -0.25) is 13.9 Å². The number of anilines is 1. The average Bonchev–Trinajstić information content (AvgIpc) is 3.09. The molecule has 5 rings (SSSR count). The second-order valence-electron chi connectivity index (χ2n) is 12.0. The number of amides is 2. The molecule has 47 heavy (non-hydrogen) atoms. The predicted molar refractivity (Wildman–Crippen MR) is 182 cm³/mol. The molecule has 4 aromatic carbocycles. The first kappa shape index (κ1) is 33.5. The Balaban J connectivity index is 1.57. The molecule has 0 radical (unpaired) electrons. The Hall–Kier alpha value is -4.83. The molecule has 1 N–H and O–H groups in total. The zero-order chi connectivity index (χ0) is 33.4. The summed E-state index contributed by atoms with van der Waals surface area (Å²) in [5, 5.41) is 3.01. The van der Waals surface area contributed by atoms with Gasteiger partial charge in [0.25, 0.3) is 10.0 Å². The van der Waals surface area contributed by atoms with Crippen molar-refractivity contribution in [2.75, 3.05) is 30.6 Å². The molecule has 0 saturated carbocycles. The van der Waals surface area contributed by atoms with Gasteiger partial charge in [-0.15, -0.1) is 0 Å². The first-order chi connectivity index (χ1) is 22.6. The number of rotatable bonds is 13. The average molecular weight is 656 g/mol. The van der Waals surface area contributed by atoms with Crippen LogP contribution < -0.4 is 19.1 Å². The molecule has 0 bridgehead atoms. The van der Waals surface area contributed by atoms with Crippen LogP contribution in [-0.2, 0) is 32.6 Å². The fourth-order valence-electron chi connectivity index (χ4n) is 5.30. The number of sulfonamides is 1. The van der Waals surface area contributed by atoms with E-state index >= 15 is 0 Å². The number of ether oxygens (including phenoxy) is 2. The topological polar surface area (TPSA) is 105 Å². The zero-order valence-corrected chi connectivity index (χ0v) is 27.8. The summed E-state index contributed by atoms with van der Waals surface area (Å²) in [4.78, 5) is 30.1. The molecule has 9 nitrogen and oxygen atoms in total. The first-order valence-corrected chi connectivity index (χ1v) is 17.2. The van der Waals surface area contributed by atoms with E-state index in [9.17, 15) is 18.0 Å². The number of carbonyl (C=O) groups is 2. The lowest BCUT2D eigenvalue weighted by Gasteiger charge is -2.34. The minimum Gasteiger partial charge on any atom is -0.486 e. The van der Waals surface area contributed by atoms with Crippen molar-refractivity contribution in [1.29, 1.82) is 0 Å². The maximum absolute atomic E-state index is 14.6. The SMILES string of the molecule is Cc1ccc(CN(C(=O)CN(c2ccc3c(c2)OCCO3)S(=O)(=O)c2ccccc2)[C@H](Cc2ccccc2)C(=O)NCC(C)C)cc1. The summed E-state index contributed by atoms with van der Waals surface area (Å²) >= 11 is 0. The Morgan fingerprint density at radius 1 is 0.809 bits per heavy atom. The lowest BCUT2D eigenvalue weighted by atomic mass is 10.0. The number of nitrogens with zero attached hydrogens (tertiary/aromatic N) is 2. The van der Waals surface area contributed by atoms with Gasteiger partial charge in [0.1, 0.15) is 25.8 Å². The highest BCUT2D eigenvalue weighted by Gasteiger charge is 2.35. The minimum atomic E-state index is -4.23. The number of nitrogens with one attached hydrogen (secondary N) is 1. The Morgan fingerprint density at radius 2 is 1.45 bits per heavy atom. The van der Waals surface area contributed by atoms with Crippen LogP contribution in [0.1, 0.15) is 30.5 Å². The molecular weight excluding hydrogens is 614 g/mol. The van der Waals surface area contributed by atoms with E-state index in [0.29, 0.717) is 31.3 Å². The lowest BCUT2D eigenvalue weighted by Crippen LogP contribution is -2.53. The Morgan fingerprint density at radius 3 is 2.11 bits per heavy atom. The highest BCUT2D eigenvalue weighted by atomic mass is 32.2. The molecule has 1 aliphatic heterocycles. The summed E-state index contributed by atoms with van der Waals surface area (Å²) in [6, 6.07) is 29.1. The van der Waals surface area contributed by atoms with Gasteiger partial charge in [-0.05, 0) is 48.2 Å². The molecule has 0 fully saturated rings. The molecule has 0 aliphatic carbocycles. The van der Waals surface area contributed by atoms with Crippen molar-refractivity contribution in [2.45, 2.75) is 44.7 Å². The van der Waals surface area contributed by atoms with Gasteiger partial charge in [0, 0.05) is 25.6 Å². The van der Waals surface area contributed by atoms with Crippen LogP contribution >= 0.6 is 0 Å². The van der Waals surface area contributed by atoms with Crippen molar-refractivity contribution in [1.82, 2.24) is 10.2 Å². The Labute approximate surface area is 277 Å². The third kappa shape index (κ3) is 8.51. The van der Waals surface area contributed by atoms with Crippen LogP contribution in [-0.4, -0.2) is 57.5 Å². The summed E-state index contributed by atoms with van der Waals surface area (Å²) in [6.45, 7) is 6.66. The van der Waals surface area contributed by atoms with Gasteiger partial charge in [-0.25, -0.2) is 8.42 Å². The molecule has 0 spiro atoms. The van der Waals surface area contributed by atoms with Crippen LogP contribution in [0.2, 0.25) is 0 Å². The summed E-state index contributed by atoms with van der Waals surface area (Å²) in [5.74, 6) is 0.245. The van der Waals surface area contributed by atoms with Crippen LogP contribution in [0.5, 0.6) is 11.5 Å². The van der Waals surface area contributed by atoms with Crippen molar-refractivity contribution >= 4 is 27.5 Å². The predicted octanol–water partition coefficient (Wildman–Crippen LogP) is 5.37. The fraction of sp³-hybridized carbons (Fsp3) is 0.297. The third-order valence-electron chi connectivity index (χ3n) is 7.85. The van der Waals surface area contributed by atoms with E-state index in [0.717, 1.165) is 21.0 Å². The minimum absolute atomic E-state index is 0.0308. The highest BCUT2D eigenvalue weighted by molar-refractivity contribution is 7.92. The lowest BCUT2D eigenvalue weighted by molar-refractivity contribution is -0.140. The van der Waals surface area contributed by atoms with E-state index < -0.39 is 28.5 Å². The number of fused-ring (bicyclic) bond motifs is 1. The molecule has 10 heteroatoms. The smallest absolute Gasteiger partial charge is 0.264 e. The maximum Gasteiger partial charge on any atom is 0.264 e. The first-order valence-electron chi connectivity index (χ1n) is 15.8. The Kier molecular flexibility index (Phi) is 10.8. The third-order valence-corrected chi connectivity index (χ3v) is 9.64. The number of aryl methyl sites for hydroxylation is 1. The van der Waals surface area contributed by atoms with E-state index in [2.05, 4.69) is 5.32 Å². The van der Waals surface area contributed by atoms with Gasteiger partial charge in [0.2, 0.25) is 11.8 Å². The van der Waals surface area contributed by atoms with E-state index in [4.69, 9.17) is 9.47 Å². The summed E-state index contributed by atoms with van der Waals surface area (Å²) in [5.41, 5.74) is 2.99. The summed E-state index contributed by atoms with van der Waals surface area (Å²) in [6.07, 6.45) is 0.248. The van der Waals surface area contributed by atoms with Crippen molar-refractivity contribution in [3.8, 4) is 11.5 Å². The normalized spacial score (nSPS) is 13.1. The van der Waals surface area contributed by atoms with Gasteiger partial charge in [0.05, 0.1) is 10.6 Å². The molecule has 0 unspecified atom stereocenters. The zero-order valence-electron chi connectivity index (χ0n) is 27.0. The molecular formula is C37H41N3O6S. The van der Waals surface area contributed by atoms with Crippen LogP contribution in [0.4, 0.5) is 5.69 Å². The number of hydrogen-bond acceptors (Lipinski definition) is 6. The quantitative estimate of drug-likeness (QED) is 0.208. The monoisotopic (exact) mass is 655 g/mol. The van der Waals surface area contributed by atoms with E-state index in [1.807, 2.05) is 75.4 Å². The van der Waals surface area contributed by atoms with E-state index in [1.165, 1.54) is 17.0 Å². The highest BCUT2D eigenvalue weighted by Crippen LogP contribution is 2.36. The van der Waals surface area contributed by atoms with Crippen LogP contribution in [0.25, 0.3) is 0 Å². The van der Waals surface area contributed by atoms with Crippen molar-refractivity contribution in [2.24, 2.45) is 5.92 Å². The molecule has 246 valence electrons. The van der Waals surface area contributed by atoms with Crippen LogP contribution in [0.15, 0.2) is 108 Å². The van der Waals surface area contributed by atoms with Gasteiger partial charge in [-0.1, -0.05) is 92.2 Å². The van der Waals surface area contributed by atoms with Gasteiger partial charge < -0.3 is 19.7 Å². The van der Waals surface area contributed by atoms with Crippen LogP contribution in [0.3, 0.4) is 0 Å². The molecule has 0 aromatic heterocycles. The maximum atomic E-state index is 14.6. The molecule has 2 amide bonds. The standard InChI is InChI=1S/C37H41N3O6S/c1-27(2)24-38-37(42)33(22-29-10-6-4-7-11-29)39(25-30-16-14-28(3)15-17-30)36(41)26-40(47(43,44)32-12-8-5-9-13-32)31-18-19-34-35(23-31)46-21-20-45-34/h4-19,23,27,33H,20-22,24-26H2,1-3H3,(H,38,42)/t33-/m1/s1. The second-order valence-corrected chi connectivity index (χ2v) is 13.9. The van der Waals surface area contributed by atoms with Crippen LogP contribution in [0, 0.1) is 12.8 Å². The van der Waals surface area contributed by atoms with Gasteiger partial charge in [-0.2, -0.15) is 0 Å². The molecule has 1 atom stereocenters. The Bertz CT molecular complexity index is 1760.